The van der Waals surface area contributed by atoms with Gasteiger partial charge >= 0.3 is 5.97 Å². The van der Waals surface area contributed by atoms with Crippen LogP contribution in [-0.4, -0.2) is 31.5 Å². The summed E-state index contributed by atoms with van der Waals surface area (Å²) in [6.45, 7) is 4.06. The number of carbonyl (C=O) groups excluding carboxylic acids is 3. The van der Waals surface area contributed by atoms with Gasteiger partial charge in [-0.25, -0.2) is 9.69 Å². The van der Waals surface area contributed by atoms with Crippen molar-refractivity contribution in [2.24, 2.45) is 0 Å². The second kappa shape index (κ2) is 11.5. The molecule has 2 amide bonds. The Morgan fingerprint density at radius 3 is 2.38 bits per heavy atom. The van der Waals surface area contributed by atoms with E-state index in [4.69, 9.17) is 21.1 Å². The van der Waals surface area contributed by atoms with E-state index < -0.39 is 17.8 Å². The maximum absolute atomic E-state index is 13.6. The van der Waals surface area contributed by atoms with Crippen molar-refractivity contribution < 1.29 is 23.9 Å². The van der Waals surface area contributed by atoms with E-state index in [0.29, 0.717) is 40.7 Å². The standard InChI is InChI=1S/C28H25ClN2O5S/c1-4-14-36-28(34)18-10-12-19(13-11-18)31-26(32)24(25(27(31)33)37-20-8-6-5-7-9-20)30-22-15-17(2)21(29)16-23(22)35-3/h5-13,15-16,30H,4,14H2,1-3H3. The minimum atomic E-state index is -0.528. The van der Waals surface area contributed by atoms with Crippen molar-refractivity contribution >= 4 is 52.5 Å². The number of ether oxygens (including phenoxy) is 2. The molecule has 0 radical (unpaired) electrons. The number of halogens is 1. The largest absolute Gasteiger partial charge is 0.495 e. The number of amides is 2. The maximum atomic E-state index is 13.6. The summed E-state index contributed by atoms with van der Waals surface area (Å²) in [6.07, 6.45) is 0.710. The van der Waals surface area contributed by atoms with Crippen molar-refractivity contribution in [2.75, 3.05) is 23.9 Å². The van der Waals surface area contributed by atoms with Crippen LogP contribution < -0.4 is 15.0 Å². The molecule has 1 N–H and O–H groups in total. The van der Waals surface area contributed by atoms with Crippen LogP contribution in [0.4, 0.5) is 11.4 Å². The zero-order chi connectivity index (χ0) is 26.5. The molecule has 0 saturated carbocycles. The lowest BCUT2D eigenvalue weighted by Gasteiger charge is -2.16. The third kappa shape index (κ3) is 5.65. The number of nitrogens with zero attached hydrogens (tertiary/aromatic N) is 1. The van der Waals surface area contributed by atoms with Crippen LogP contribution in [0.25, 0.3) is 0 Å². The van der Waals surface area contributed by atoms with E-state index in [0.717, 1.165) is 15.4 Å². The molecular weight excluding hydrogens is 512 g/mol. The summed E-state index contributed by atoms with van der Waals surface area (Å²) >= 11 is 7.44. The minimum absolute atomic E-state index is 0.116. The summed E-state index contributed by atoms with van der Waals surface area (Å²) in [6, 6.07) is 18.9. The SMILES string of the molecule is CCCOC(=O)c1ccc(N2C(=O)C(Nc3cc(C)c(Cl)cc3OC)=C(Sc3ccccc3)C2=O)cc1. The predicted molar refractivity (Wildman–Crippen MR) is 145 cm³/mol. The first-order valence-corrected chi connectivity index (χ1v) is 12.8. The number of benzene rings is 3. The molecule has 3 aromatic carbocycles. The Kier molecular flexibility index (Phi) is 8.21. The van der Waals surface area contributed by atoms with E-state index in [1.54, 1.807) is 24.3 Å². The molecular formula is C28H25ClN2O5S. The van der Waals surface area contributed by atoms with Gasteiger partial charge in [0.15, 0.2) is 0 Å². The number of esters is 1. The van der Waals surface area contributed by atoms with Crippen LogP contribution in [0.2, 0.25) is 5.02 Å². The summed E-state index contributed by atoms with van der Waals surface area (Å²) in [5.74, 6) is -1.04. The summed E-state index contributed by atoms with van der Waals surface area (Å²) in [5, 5.41) is 3.64. The number of imide groups is 1. The molecule has 9 heteroatoms. The Labute approximate surface area is 224 Å². The van der Waals surface area contributed by atoms with Crippen LogP contribution in [0.15, 0.2) is 82.2 Å². The van der Waals surface area contributed by atoms with Gasteiger partial charge < -0.3 is 14.8 Å². The smallest absolute Gasteiger partial charge is 0.338 e. The second-order valence-corrected chi connectivity index (χ2v) is 9.67. The van der Waals surface area contributed by atoms with Gasteiger partial charge in [0, 0.05) is 16.0 Å². The lowest BCUT2D eigenvalue weighted by Crippen LogP contribution is -2.32. The van der Waals surface area contributed by atoms with Crippen molar-refractivity contribution in [3.8, 4) is 5.75 Å². The van der Waals surface area contributed by atoms with Crippen LogP contribution in [0, 0.1) is 6.92 Å². The van der Waals surface area contributed by atoms with Crippen molar-refractivity contribution in [3.63, 3.8) is 0 Å². The minimum Gasteiger partial charge on any atom is -0.495 e. The van der Waals surface area contributed by atoms with Crippen LogP contribution in [0.1, 0.15) is 29.3 Å². The highest BCUT2D eigenvalue weighted by molar-refractivity contribution is 8.04. The Balaban J connectivity index is 1.70. The summed E-state index contributed by atoms with van der Waals surface area (Å²) in [5.41, 5.74) is 2.07. The van der Waals surface area contributed by atoms with Gasteiger partial charge in [-0.3, -0.25) is 9.59 Å². The fourth-order valence-corrected chi connectivity index (χ4v) is 4.75. The zero-order valence-corrected chi connectivity index (χ0v) is 22.1. The molecule has 1 aliphatic rings. The monoisotopic (exact) mass is 536 g/mol. The van der Waals surface area contributed by atoms with Crippen molar-refractivity contribution in [2.45, 2.75) is 25.2 Å². The van der Waals surface area contributed by atoms with Crippen molar-refractivity contribution in [1.82, 2.24) is 0 Å². The number of rotatable bonds is 9. The molecule has 1 heterocycles. The van der Waals surface area contributed by atoms with Crippen LogP contribution in [0.3, 0.4) is 0 Å². The predicted octanol–water partition coefficient (Wildman–Crippen LogP) is 6.21. The van der Waals surface area contributed by atoms with Crippen LogP contribution >= 0.6 is 23.4 Å². The highest BCUT2D eigenvalue weighted by atomic mass is 35.5. The topological polar surface area (TPSA) is 84.9 Å². The van der Waals surface area contributed by atoms with E-state index in [9.17, 15) is 14.4 Å². The number of hydrogen-bond donors (Lipinski definition) is 1. The molecule has 0 aromatic heterocycles. The van der Waals surface area contributed by atoms with Gasteiger partial charge in [-0.05, 0) is 61.4 Å². The Morgan fingerprint density at radius 1 is 1.03 bits per heavy atom. The molecule has 0 saturated heterocycles. The van der Waals surface area contributed by atoms with E-state index >= 15 is 0 Å². The summed E-state index contributed by atoms with van der Waals surface area (Å²) < 4.78 is 10.6. The lowest BCUT2D eigenvalue weighted by atomic mass is 10.2. The third-order valence-electron chi connectivity index (χ3n) is 5.54. The highest BCUT2D eigenvalue weighted by Gasteiger charge is 2.40. The van der Waals surface area contributed by atoms with Gasteiger partial charge in [0.1, 0.15) is 16.4 Å². The lowest BCUT2D eigenvalue weighted by molar-refractivity contribution is -0.120. The molecule has 37 heavy (non-hydrogen) atoms. The fraction of sp³-hybridized carbons (Fsp3) is 0.179. The second-order valence-electron chi connectivity index (χ2n) is 8.17. The van der Waals surface area contributed by atoms with E-state index in [1.807, 2.05) is 44.2 Å². The molecule has 0 aliphatic carbocycles. The Bertz CT molecular complexity index is 1370. The molecule has 0 fully saturated rings. The maximum Gasteiger partial charge on any atom is 0.338 e. The molecule has 190 valence electrons. The van der Waals surface area contributed by atoms with Gasteiger partial charge in [0.25, 0.3) is 11.8 Å². The molecule has 4 rings (SSSR count). The molecule has 0 unspecified atom stereocenters. The van der Waals surface area contributed by atoms with E-state index in [-0.39, 0.29) is 10.6 Å². The number of anilines is 2. The Morgan fingerprint density at radius 2 is 1.73 bits per heavy atom. The fourth-order valence-electron chi connectivity index (χ4n) is 3.64. The average molecular weight is 537 g/mol. The van der Waals surface area contributed by atoms with Crippen LogP contribution in [-0.2, 0) is 14.3 Å². The van der Waals surface area contributed by atoms with Crippen LogP contribution in [0.5, 0.6) is 5.75 Å². The number of aryl methyl sites for hydroxylation is 1. The molecule has 7 nitrogen and oxygen atoms in total. The van der Waals surface area contributed by atoms with Gasteiger partial charge in [-0.2, -0.15) is 0 Å². The van der Waals surface area contributed by atoms with Crippen molar-refractivity contribution in [3.05, 3.63) is 93.5 Å². The first kappa shape index (κ1) is 26.3. The van der Waals surface area contributed by atoms with E-state index in [1.165, 1.54) is 31.0 Å². The number of nitrogens with one attached hydrogen (secondary N) is 1. The van der Waals surface area contributed by atoms with Gasteiger partial charge in [-0.1, -0.05) is 48.5 Å². The molecule has 0 spiro atoms. The summed E-state index contributed by atoms with van der Waals surface area (Å²) in [4.78, 5) is 41.5. The average Bonchev–Trinajstić information content (AvgIpc) is 3.13. The van der Waals surface area contributed by atoms with Gasteiger partial charge in [0.2, 0.25) is 0 Å². The first-order chi connectivity index (χ1) is 17.8. The molecule has 1 aliphatic heterocycles. The number of thioether (sulfide) groups is 1. The number of methoxy groups -OCH3 is 1. The van der Waals surface area contributed by atoms with E-state index in [2.05, 4.69) is 5.32 Å². The third-order valence-corrected chi connectivity index (χ3v) is 7.04. The zero-order valence-electron chi connectivity index (χ0n) is 20.5. The van der Waals surface area contributed by atoms with Crippen molar-refractivity contribution in [1.29, 1.82) is 0 Å². The quantitative estimate of drug-likeness (QED) is 0.257. The molecule has 0 bridgehead atoms. The number of hydrogen-bond acceptors (Lipinski definition) is 7. The normalized spacial score (nSPS) is 13.2. The highest BCUT2D eigenvalue weighted by Crippen LogP contribution is 2.40. The number of carbonyl (C=O) groups is 3. The van der Waals surface area contributed by atoms with Gasteiger partial charge in [0.05, 0.1) is 30.7 Å². The first-order valence-electron chi connectivity index (χ1n) is 11.6. The molecule has 0 atom stereocenters. The molecule has 3 aromatic rings. The summed E-state index contributed by atoms with van der Waals surface area (Å²) in [7, 11) is 1.50. The van der Waals surface area contributed by atoms with Gasteiger partial charge in [-0.15, -0.1) is 0 Å². The Hall–Kier alpha value is -3.75.